The molecule has 118 valence electrons. The summed E-state index contributed by atoms with van der Waals surface area (Å²) < 4.78 is 0. The normalized spacial score (nSPS) is 10.8. The molecule has 1 aromatic carbocycles. The minimum Gasteiger partial charge on any atom is -0.369 e. The highest BCUT2D eigenvalue weighted by Crippen LogP contribution is 2.12. The van der Waals surface area contributed by atoms with Gasteiger partial charge in [0.1, 0.15) is 5.82 Å². The van der Waals surface area contributed by atoms with Gasteiger partial charge in [-0.1, -0.05) is 24.3 Å². The molecular weight excluding hydrogens is 274 g/mol. The summed E-state index contributed by atoms with van der Waals surface area (Å²) >= 11 is 0. The number of nitrogens with zero attached hydrogens (tertiary/aromatic N) is 3. The zero-order valence-corrected chi connectivity index (χ0v) is 13.8. The Morgan fingerprint density at radius 1 is 1.05 bits per heavy atom. The molecule has 0 saturated heterocycles. The number of rotatable bonds is 7. The Morgan fingerprint density at radius 2 is 1.82 bits per heavy atom. The monoisotopic (exact) mass is 299 g/mol. The summed E-state index contributed by atoms with van der Waals surface area (Å²) in [5.74, 6) is 1.53. The van der Waals surface area contributed by atoms with E-state index < -0.39 is 0 Å². The van der Waals surface area contributed by atoms with E-state index in [9.17, 15) is 0 Å². The van der Waals surface area contributed by atoms with Gasteiger partial charge in [-0.05, 0) is 39.1 Å². The molecule has 0 unspecified atom stereocenters. The fraction of sp³-hybridized carbons (Fsp3) is 0.412. The Morgan fingerprint density at radius 3 is 2.55 bits per heavy atom. The van der Waals surface area contributed by atoms with Crippen LogP contribution in [0.15, 0.2) is 30.3 Å². The number of hydrogen-bond donors (Lipinski definition) is 2. The lowest BCUT2D eigenvalue weighted by molar-refractivity contribution is 0.425. The average Bonchev–Trinajstić information content (AvgIpc) is 2.45. The first-order chi connectivity index (χ1) is 10.5. The second-order valence-electron chi connectivity index (χ2n) is 5.73. The molecule has 2 aromatic rings. The third kappa shape index (κ3) is 5.00. The summed E-state index contributed by atoms with van der Waals surface area (Å²) in [7, 11) is 4.12. The lowest BCUT2D eigenvalue weighted by atomic mass is 10.1. The van der Waals surface area contributed by atoms with Gasteiger partial charge >= 0.3 is 0 Å². The summed E-state index contributed by atoms with van der Waals surface area (Å²) in [5, 5.41) is 6.64. The van der Waals surface area contributed by atoms with E-state index in [2.05, 4.69) is 70.8 Å². The van der Waals surface area contributed by atoms with Crippen LogP contribution in [0.3, 0.4) is 0 Å². The Bertz CT molecular complexity index is 610. The van der Waals surface area contributed by atoms with Crippen molar-refractivity contribution in [3.05, 3.63) is 47.2 Å². The maximum atomic E-state index is 4.52. The van der Waals surface area contributed by atoms with Crippen LogP contribution in [0.2, 0.25) is 0 Å². The van der Waals surface area contributed by atoms with Crippen LogP contribution in [0.4, 0.5) is 11.8 Å². The molecule has 0 atom stereocenters. The molecule has 0 spiro atoms. The molecule has 0 aliphatic carbocycles. The molecule has 0 saturated carbocycles. The molecule has 0 radical (unpaired) electrons. The van der Waals surface area contributed by atoms with Crippen LogP contribution in [0.25, 0.3) is 0 Å². The van der Waals surface area contributed by atoms with E-state index in [1.54, 1.807) is 0 Å². The maximum absolute atomic E-state index is 4.52. The first kappa shape index (κ1) is 16.2. The molecule has 1 aromatic heterocycles. The molecule has 2 N–H and O–H groups in total. The number of aromatic nitrogens is 2. The van der Waals surface area contributed by atoms with Crippen molar-refractivity contribution in [2.45, 2.75) is 20.4 Å². The van der Waals surface area contributed by atoms with Crippen molar-refractivity contribution in [1.82, 2.24) is 14.9 Å². The third-order valence-electron chi connectivity index (χ3n) is 3.42. The zero-order chi connectivity index (χ0) is 15.9. The first-order valence-corrected chi connectivity index (χ1v) is 7.57. The Labute approximate surface area is 132 Å². The molecular formula is C17H25N5. The molecule has 0 aliphatic rings. The van der Waals surface area contributed by atoms with Crippen LogP contribution in [0.1, 0.15) is 16.8 Å². The van der Waals surface area contributed by atoms with Gasteiger partial charge < -0.3 is 15.5 Å². The highest BCUT2D eigenvalue weighted by Gasteiger charge is 2.03. The van der Waals surface area contributed by atoms with Crippen LogP contribution in [-0.4, -0.2) is 42.1 Å². The lowest BCUT2D eigenvalue weighted by Gasteiger charge is -2.13. The van der Waals surface area contributed by atoms with Gasteiger partial charge in [0, 0.05) is 31.4 Å². The summed E-state index contributed by atoms with van der Waals surface area (Å²) in [4.78, 5) is 11.1. The van der Waals surface area contributed by atoms with E-state index in [1.807, 2.05) is 13.0 Å². The summed E-state index contributed by atoms with van der Waals surface area (Å²) in [5.41, 5.74) is 3.48. The number of anilines is 2. The van der Waals surface area contributed by atoms with Crippen LogP contribution < -0.4 is 10.6 Å². The molecule has 0 bridgehead atoms. The Balaban J connectivity index is 1.99. The molecule has 1 heterocycles. The van der Waals surface area contributed by atoms with Gasteiger partial charge in [-0.15, -0.1) is 0 Å². The largest absolute Gasteiger partial charge is 0.369 e. The SMILES string of the molecule is Cc1cc(NCCN(C)C)nc(NCc2ccccc2C)n1. The van der Waals surface area contributed by atoms with Crippen molar-refractivity contribution in [2.24, 2.45) is 0 Å². The third-order valence-corrected chi connectivity index (χ3v) is 3.42. The molecule has 0 aliphatic heterocycles. The van der Waals surface area contributed by atoms with Crippen molar-refractivity contribution in [2.75, 3.05) is 37.8 Å². The van der Waals surface area contributed by atoms with Gasteiger partial charge in [0.15, 0.2) is 0 Å². The van der Waals surface area contributed by atoms with Crippen molar-refractivity contribution in [3.8, 4) is 0 Å². The van der Waals surface area contributed by atoms with E-state index in [4.69, 9.17) is 0 Å². The second-order valence-corrected chi connectivity index (χ2v) is 5.73. The quantitative estimate of drug-likeness (QED) is 0.823. The number of nitrogens with one attached hydrogen (secondary N) is 2. The fourth-order valence-corrected chi connectivity index (χ4v) is 2.13. The predicted octanol–water partition coefficient (Wildman–Crippen LogP) is 2.68. The molecule has 5 nitrogen and oxygen atoms in total. The van der Waals surface area contributed by atoms with E-state index in [1.165, 1.54) is 11.1 Å². The highest BCUT2D eigenvalue weighted by molar-refractivity contribution is 5.42. The van der Waals surface area contributed by atoms with E-state index in [0.717, 1.165) is 31.1 Å². The van der Waals surface area contributed by atoms with Crippen LogP contribution >= 0.6 is 0 Å². The smallest absolute Gasteiger partial charge is 0.225 e. The number of hydrogen-bond acceptors (Lipinski definition) is 5. The van der Waals surface area contributed by atoms with E-state index in [0.29, 0.717) is 5.95 Å². The van der Waals surface area contributed by atoms with Crippen LogP contribution in [0.5, 0.6) is 0 Å². The van der Waals surface area contributed by atoms with Crippen molar-refractivity contribution < 1.29 is 0 Å². The average molecular weight is 299 g/mol. The lowest BCUT2D eigenvalue weighted by Crippen LogP contribution is -2.21. The van der Waals surface area contributed by atoms with Gasteiger partial charge in [-0.2, -0.15) is 4.98 Å². The second kappa shape index (κ2) is 7.75. The standard InChI is InChI=1S/C17H25N5/c1-13-7-5-6-8-15(13)12-19-17-20-14(2)11-16(21-17)18-9-10-22(3)4/h5-8,11H,9-10,12H2,1-4H3,(H2,18,19,20,21). The fourth-order valence-electron chi connectivity index (χ4n) is 2.13. The number of aryl methyl sites for hydroxylation is 2. The van der Waals surface area contributed by atoms with Crippen molar-refractivity contribution in [1.29, 1.82) is 0 Å². The van der Waals surface area contributed by atoms with Gasteiger partial charge in [0.25, 0.3) is 0 Å². The van der Waals surface area contributed by atoms with Crippen molar-refractivity contribution >= 4 is 11.8 Å². The van der Waals surface area contributed by atoms with Gasteiger partial charge in [0.05, 0.1) is 0 Å². The molecule has 22 heavy (non-hydrogen) atoms. The molecule has 0 fully saturated rings. The summed E-state index contributed by atoms with van der Waals surface area (Å²) in [6, 6.07) is 10.3. The van der Waals surface area contributed by atoms with Gasteiger partial charge in [0.2, 0.25) is 5.95 Å². The zero-order valence-electron chi connectivity index (χ0n) is 13.8. The van der Waals surface area contributed by atoms with E-state index >= 15 is 0 Å². The Hall–Kier alpha value is -2.14. The number of benzene rings is 1. The summed E-state index contributed by atoms with van der Waals surface area (Å²) in [6.45, 7) is 6.66. The van der Waals surface area contributed by atoms with E-state index in [-0.39, 0.29) is 0 Å². The van der Waals surface area contributed by atoms with Crippen LogP contribution in [-0.2, 0) is 6.54 Å². The highest BCUT2D eigenvalue weighted by atomic mass is 15.2. The topological polar surface area (TPSA) is 53.1 Å². The summed E-state index contributed by atoms with van der Waals surface area (Å²) in [6.07, 6.45) is 0. The maximum Gasteiger partial charge on any atom is 0.225 e. The minimum absolute atomic E-state index is 0.663. The molecule has 5 heteroatoms. The molecule has 0 amide bonds. The number of likely N-dealkylation sites (N-methyl/N-ethyl adjacent to an activating group) is 1. The van der Waals surface area contributed by atoms with Crippen molar-refractivity contribution in [3.63, 3.8) is 0 Å². The van der Waals surface area contributed by atoms with Crippen LogP contribution in [0, 0.1) is 13.8 Å². The molecule has 2 rings (SSSR count). The van der Waals surface area contributed by atoms with Gasteiger partial charge in [-0.3, -0.25) is 0 Å². The predicted molar refractivity (Wildman–Crippen MR) is 92.3 cm³/mol. The first-order valence-electron chi connectivity index (χ1n) is 7.57. The Kier molecular flexibility index (Phi) is 5.72. The minimum atomic E-state index is 0.663. The van der Waals surface area contributed by atoms with Gasteiger partial charge in [-0.25, -0.2) is 4.98 Å².